The zero-order valence-corrected chi connectivity index (χ0v) is 11.1. The second-order valence-corrected chi connectivity index (χ2v) is 6.65. The molecule has 2 unspecified atom stereocenters. The van der Waals surface area contributed by atoms with Gasteiger partial charge < -0.3 is 5.32 Å². The third-order valence-electron chi connectivity index (χ3n) is 3.53. The van der Waals surface area contributed by atoms with E-state index in [1.165, 1.54) is 45.2 Å². The molecule has 0 aliphatic heterocycles. The van der Waals surface area contributed by atoms with Gasteiger partial charge in [-0.3, -0.25) is 0 Å². The second-order valence-electron chi connectivity index (χ2n) is 6.65. The van der Waals surface area contributed by atoms with Gasteiger partial charge in [0, 0.05) is 0 Å². The van der Waals surface area contributed by atoms with Crippen LogP contribution in [-0.2, 0) is 0 Å². The third kappa shape index (κ3) is 6.19. The molecule has 1 fully saturated rings. The maximum absolute atomic E-state index is 3.63. The lowest BCUT2D eigenvalue weighted by atomic mass is 9.82. The lowest BCUT2D eigenvalue weighted by Crippen LogP contribution is -2.29. The van der Waals surface area contributed by atoms with E-state index in [9.17, 15) is 0 Å². The minimum absolute atomic E-state index is 0.479. The summed E-state index contributed by atoms with van der Waals surface area (Å²) in [7, 11) is 0. The zero-order valence-electron chi connectivity index (χ0n) is 11.1. The lowest BCUT2D eigenvalue weighted by Gasteiger charge is -2.27. The Morgan fingerprint density at radius 2 is 1.93 bits per heavy atom. The minimum Gasteiger partial charge on any atom is -0.316 e. The van der Waals surface area contributed by atoms with E-state index < -0.39 is 0 Å². The standard InChI is InChI=1S/C14H29N/c1-12-6-5-7-13(10-12)11-15-9-8-14(2,3)4/h12-13,15H,5-11H2,1-4H3. The van der Waals surface area contributed by atoms with Crippen molar-refractivity contribution in [2.45, 2.75) is 59.8 Å². The molecule has 2 atom stereocenters. The van der Waals surface area contributed by atoms with E-state index in [4.69, 9.17) is 0 Å². The Labute approximate surface area is 96.0 Å². The summed E-state index contributed by atoms with van der Waals surface area (Å²) in [5.41, 5.74) is 0.479. The smallest absolute Gasteiger partial charge is 0.00204 e. The van der Waals surface area contributed by atoms with E-state index in [1.54, 1.807) is 0 Å². The molecular formula is C14H29N. The van der Waals surface area contributed by atoms with Gasteiger partial charge >= 0.3 is 0 Å². The van der Waals surface area contributed by atoms with Crippen molar-refractivity contribution < 1.29 is 0 Å². The summed E-state index contributed by atoms with van der Waals surface area (Å²) >= 11 is 0. The van der Waals surface area contributed by atoms with Crippen LogP contribution >= 0.6 is 0 Å². The number of hydrogen-bond acceptors (Lipinski definition) is 1. The molecule has 1 nitrogen and oxygen atoms in total. The largest absolute Gasteiger partial charge is 0.316 e. The van der Waals surface area contributed by atoms with Crippen LogP contribution in [0.2, 0.25) is 0 Å². The summed E-state index contributed by atoms with van der Waals surface area (Å²) in [5.74, 6) is 1.92. The van der Waals surface area contributed by atoms with Gasteiger partial charge in [0.15, 0.2) is 0 Å². The van der Waals surface area contributed by atoms with Gasteiger partial charge in [-0.15, -0.1) is 0 Å². The van der Waals surface area contributed by atoms with Crippen molar-refractivity contribution in [3.05, 3.63) is 0 Å². The van der Waals surface area contributed by atoms with Crippen LogP contribution in [0.25, 0.3) is 0 Å². The molecule has 1 saturated carbocycles. The van der Waals surface area contributed by atoms with Crippen LogP contribution < -0.4 is 5.32 Å². The van der Waals surface area contributed by atoms with E-state index in [0.29, 0.717) is 5.41 Å². The highest BCUT2D eigenvalue weighted by molar-refractivity contribution is 4.73. The van der Waals surface area contributed by atoms with Crippen molar-refractivity contribution in [1.29, 1.82) is 0 Å². The van der Waals surface area contributed by atoms with E-state index >= 15 is 0 Å². The van der Waals surface area contributed by atoms with Crippen LogP contribution in [0.3, 0.4) is 0 Å². The predicted molar refractivity (Wildman–Crippen MR) is 68.1 cm³/mol. The molecule has 0 bridgehead atoms. The van der Waals surface area contributed by atoms with Gasteiger partial charge in [-0.1, -0.05) is 40.5 Å². The number of rotatable bonds is 4. The average Bonchev–Trinajstić information content (AvgIpc) is 2.11. The summed E-state index contributed by atoms with van der Waals surface area (Å²) < 4.78 is 0. The SMILES string of the molecule is CC1CCCC(CNCCC(C)(C)C)C1. The first-order valence-electron chi connectivity index (χ1n) is 6.68. The fraction of sp³-hybridized carbons (Fsp3) is 1.00. The maximum Gasteiger partial charge on any atom is -0.00204 e. The highest BCUT2D eigenvalue weighted by atomic mass is 14.9. The molecule has 0 aromatic heterocycles. The highest BCUT2D eigenvalue weighted by Crippen LogP contribution is 2.28. The van der Waals surface area contributed by atoms with Crippen molar-refractivity contribution in [2.75, 3.05) is 13.1 Å². The second kappa shape index (κ2) is 5.89. The summed E-state index contributed by atoms with van der Waals surface area (Å²) in [6.07, 6.45) is 7.09. The van der Waals surface area contributed by atoms with Crippen LogP contribution in [0, 0.1) is 17.3 Å². The summed E-state index contributed by atoms with van der Waals surface area (Å²) in [6.45, 7) is 11.8. The molecule has 0 radical (unpaired) electrons. The molecule has 0 aromatic rings. The van der Waals surface area contributed by atoms with Crippen molar-refractivity contribution in [3.63, 3.8) is 0 Å². The first-order chi connectivity index (χ1) is 6.97. The molecule has 1 aliphatic carbocycles. The van der Waals surface area contributed by atoms with E-state index in [2.05, 4.69) is 33.0 Å². The van der Waals surface area contributed by atoms with Crippen molar-refractivity contribution in [1.82, 2.24) is 5.32 Å². The third-order valence-corrected chi connectivity index (χ3v) is 3.53. The van der Waals surface area contributed by atoms with Crippen molar-refractivity contribution >= 4 is 0 Å². The quantitative estimate of drug-likeness (QED) is 0.697. The fourth-order valence-electron chi connectivity index (χ4n) is 2.51. The Kier molecular flexibility index (Phi) is 5.11. The zero-order chi connectivity index (χ0) is 11.3. The first kappa shape index (κ1) is 13.0. The van der Waals surface area contributed by atoms with Crippen LogP contribution in [0.15, 0.2) is 0 Å². The van der Waals surface area contributed by atoms with Crippen molar-refractivity contribution in [3.8, 4) is 0 Å². The van der Waals surface area contributed by atoms with Gasteiger partial charge in [0.1, 0.15) is 0 Å². The molecule has 1 rings (SSSR count). The molecule has 0 heterocycles. The number of hydrogen-bond donors (Lipinski definition) is 1. The molecule has 1 N–H and O–H groups in total. The van der Waals surface area contributed by atoms with Crippen LogP contribution in [0.4, 0.5) is 0 Å². The lowest BCUT2D eigenvalue weighted by molar-refractivity contribution is 0.268. The van der Waals surface area contributed by atoms with E-state index in [-0.39, 0.29) is 0 Å². The van der Waals surface area contributed by atoms with E-state index in [0.717, 1.165) is 11.8 Å². The molecule has 15 heavy (non-hydrogen) atoms. The Morgan fingerprint density at radius 3 is 2.53 bits per heavy atom. The average molecular weight is 211 g/mol. The normalized spacial score (nSPS) is 28.0. The van der Waals surface area contributed by atoms with Crippen LogP contribution in [-0.4, -0.2) is 13.1 Å². The highest BCUT2D eigenvalue weighted by Gasteiger charge is 2.18. The molecule has 0 amide bonds. The minimum atomic E-state index is 0.479. The van der Waals surface area contributed by atoms with E-state index in [1.807, 2.05) is 0 Å². The number of nitrogens with one attached hydrogen (secondary N) is 1. The topological polar surface area (TPSA) is 12.0 Å². The summed E-state index contributed by atoms with van der Waals surface area (Å²) in [4.78, 5) is 0. The van der Waals surface area contributed by atoms with Gasteiger partial charge in [-0.25, -0.2) is 0 Å². The monoisotopic (exact) mass is 211 g/mol. The van der Waals surface area contributed by atoms with Gasteiger partial charge in [0.05, 0.1) is 0 Å². The van der Waals surface area contributed by atoms with Crippen molar-refractivity contribution in [2.24, 2.45) is 17.3 Å². The predicted octanol–water partition coefficient (Wildman–Crippen LogP) is 3.84. The van der Waals surface area contributed by atoms with Gasteiger partial charge in [-0.2, -0.15) is 0 Å². The molecule has 0 spiro atoms. The molecule has 90 valence electrons. The molecule has 0 aromatic carbocycles. The maximum atomic E-state index is 3.63. The Morgan fingerprint density at radius 1 is 1.20 bits per heavy atom. The summed E-state index contributed by atoms with van der Waals surface area (Å²) in [5, 5.41) is 3.63. The van der Waals surface area contributed by atoms with Gasteiger partial charge in [0.25, 0.3) is 0 Å². The molecular weight excluding hydrogens is 182 g/mol. The fourth-order valence-corrected chi connectivity index (χ4v) is 2.51. The summed E-state index contributed by atoms with van der Waals surface area (Å²) in [6, 6.07) is 0. The van der Waals surface area contributed by atoms with Gasteiger partial charge in [0.2, 0.25) is 0 Å². The Balaban J connectivity index is 2.04. The Bertz CT molecular complexity index is 169. The van der Waals surface area contributed by atoms with Gasteiger partial charge in [-0.05, 0) is 49.6 Å². The van der Waals surface area contributed by atoms with Crippen LogP contribution in [0.1, 0.15) is 59.8 Å². The molecule has 0 saturated heterocycles. The molecule has 1 aliphatic rings. The Hall–Kier alpha value is -0.0400. The van der Waals surface area contributed by atoms with Crippen LogP contribution in [0.5, 0.6) is 0 Å². The first-order valence-corrected chi connectivity index (χ1v) is 6.68. The molecule has 1 heteroatoms.